The summed E-state index contributed by atoms with van der Waals surface area (Å²) in [5.41, 5.74) is 1.58. The standard InChI is InChI=1S/C25H21F4N3O3S/c1-13-5-3-6-15-17(13)11-36-23-16(7-4-8-18(23)26)20(15)32-12-30(14(2)25(27,28)29)24(35)21-22(34)19(33)9-10-31(21)32/h3-10,14,20,34H,11-12H2,1-2H3/t14-,20-/m1/s1. The zero-order valence-electron chi connectivity index (χ0n) is 19.2. The molecule has 2 atom stereocenters. The third-order valence-electron chi connectivity index (χ3n) is 6.72. The van der Waals surface area contributed by atoms with E-state index in [4.69, 9.17) is 0 Å². The van der Waals surface area contributed by atoms with Crippen LogP contribution in [0.15, 0.2) is 58.4 Å². The molecule has 0 spiro atoms. The highest BCUT2D eigenvalue weighted by molar-refractivity contribution is 7.98. The number of thioether (sulfide) groups is 1. The number of hydrogen-bond acceptors (Lipinski definition) is 5. The molecule has 1 amide bonds. The van der Waals surface area contributed by atoms with Crippen LogP contribution in [0.25, 0.3) is 0 Å². The number of carbonyl (C=O) groups excluding carboxylic acids is 1. The lowest BCUT2D eigenvalue weighted by atomic mass is 9.92. The van der Waals surface area contributed by atoms with E-state index < -0.39 is 53.5 Å². The number of aromatic hydroxyl groups is 1. The van der Waals surface area contributed by atoms with Gasteiger partial charge in [0.05, 0.1) is 6.04 Å². The number of aromatic nitrogens is 1. The first-order valence-electron chi connectivity index (χ1n) is 11.1. The van der Waals surface area contributed by atoms with Crippen molar-refractivity contribution in [3.8, 4) is 5.75 Å². The molecule has 3 heterocycles. The molecule has 0 aliphatic carbocycles. The molecule has 2 aromatic carbocycles. The maximum atomic E-state index is 15.0. The van der Waals surface area contributed by atoms with E-state index >= 15 is 4.39 Å². The first-order valence-corrected chi connectivity index (χ1v) is 12.1. The molecule has 2 aliphatic heterocycles. The Morgan fingerprint density at radius 2 is 1.78 bits per heavy atom. The van der Waals surface area contributed by atoms with Gasteiger partial charge in [-0.15, -0.1) is 11.8 Å². The van der Waals surface area contributed by atoms with E-state index in [-0.39, 0.29) is 0 Å². The Labute approximate surface area is 207 Å². The molecule has 1 aromatic heterocycles. The maximum absolute atomic E-state index is 15.0. The number of pyridine rings is 1. The van der Waals surface area contributed by atoms with E-state index in [1.165, 1.54) is 39.8 Å². The summed E-state index contributed by atoms with van der Waals surface area (Å²) in [6.07, 6.45) is -3.51. The zero-order chi connectivity index (χ0) is 25.9. The van der Waals surface area contributed by atoms with Crippen LogP contribution in [0.1, 0.15) is 45.7 Å². The molecule has 5 rings (SSSR count). The van der Waals surface area contributed by atoms with E-state index in [1.54, 1.807) is 6.07 Å². The van der Waals surface area contributed by atoms with Crippen LogP contribution in [0.5, 0.6) is 5.75 Å². The minimum absolute atomic E-state index is 0.345. The number of carbonyl (C=O) groups is 1. The van der Waals surface area contributed by atoms with Crippen molar-refractivity contribution in [3.63, 3.8) is 0 Å². The fourth-order valence-electron chi connectivity index (χ4n) is 4.74. The van der Waals surface area contributed by atoms with Gasteiger partial charge in [0, 0.05) is 22.9 Å². The van der Waals surface area contributed by atoms with Crippen molar-refractivity contribution in [2.75, 3.05) is 11.7 Å². The quantitative estimate of drug-likeness (QED) is 0.498. The number of benzene rings is 2. The van der Waals surface area contributed by atoms with Crippen molar-refractivity contribution in [1.29, 1.82) is 0 Å². The summed E-state index contributed by atoms with van der Waals surface area (Å²) in [5.74, 6) is -2.11. The summed E-state index contributed by atoms with van der Waals surface area (Å²) in [6.45, 7) is 2.23. The Hall–Kier alpha value is -3.47. The van der Waals surface area contributed by atoms with Gasteiger partial charge in [-0.2, -0.15) is 13.2 Å². The van der Waals surface area contributed by atoms with E-state index in [2.05, 4.69) is 0 Å². The maximum Gasteiger partial charge on any atom is 0.408 e. The number of nitrogens with zero attached hydrogens (tertiary/aromatic N) is 3. The van der Waals surface area contributed by atoms with Crippen LogP contribution in [-0.4, -0.2) is 39.5 Å². The highest BCUT2D eigenvalue weighted by atomic mass is 32.2. The van der Waals surface area contributed by atoms with Crippen molar-refractivity contribution in [1.82, 2.24) is 9.58 Å². The Balaban J connectivity index is 1.81. The Bertz CT molecular complexity index is 1390. The van der Waals surface area contributed by atoms with Gasteiger partial charge in [-0.25, -0.2) is 4.39 Å². The summed E-state index contributed by atoms with van der Waals surface area (Å²) < 4.78 is 57.6. The first kappa shape index (κ1) is 24.2. The fourth-order valence-corrected chi connectivity index (χ4v) is 5.98. The average Bonchev–Trinajstić information content (AvgIpc) is 2.99. The molecule has 2 aliphatic rings. The van der Waals surface area contributed by atoms with Crippen LogP contribution < -0.4 is 10.4 Å². The highest BCUT2D eigenvalue weighted by Crippen LogP contribution is 2.45. The molecule has 188 valence electrons. The first-order chi connectivity index (χ1) is 17.0. The number of alkyl halides is 3. The molecule has 0 saturated carbocycles. The minimum atomic E-state index is -4.76. The largest absolute Gasteiger partial charge is 0.502 e. The summed E-state index contributed by atoms with van der Waals surface area (Å²) in [4.78, 5) is 26.3. The summed E-state index contributed by atoms with van der Waals surface area (Å²) in [5, 5.41) is 12.0. The second kappa shape index (κ2) is 8.58. The number of fused-ring (bicyclic) bond motifs is 3. The van der Waals surface area contributed by atoms with Gasteiger partial charge in [-0.3, -0.25) is 19.3 Å². The van der Waals surface area contributed by atoms with Gasteiger partial charge in [0.15, 0.2) is 11.4 Å². The Morgan fingerprint density at radius 1 is 1.08 bits per heavy atom. The molecule has 0 bridgehead atoms. The molecule has 6 nitrogen and oxygen atoms in total. The molecular formula is C25H21F4N3O3S. The summed E-state index contributed by atoms with van der Waals surface area (Å²) in [7, 11) is 0. The Morgan fingerprint density at radius 3 is 2.50 bits per heavy atom. The molecule has 1 N–H and O–H groups in total. The van der Waals surface area contributed by atoms with E-state index in [0.29, 0.717) is 21.1 Å². The van der Waals surface area contributed by atoms with Crippen molar-refractivity contribution < 1.29 is 27.5 Å². The Kier molecular flexibility index (Phi) is 5.77. The molecule has 36 heavy (non-hydrogen) atoms. The third kappa shape index (κ3) is 3.73. The molecule has 0 unspecified atom stereocenters. The predicted octanol–water partition coefficient (Wildman–Crippen LogP) is 4.70. The van der Waals surface area contributed by atoms with E-state index in [0.717, 1.165) is 29.7 Å². The van der Waals surface area contributed by atoms with Gasteiger partial charge in [-0.05, 0) is 42.2 Å². The van der Waals surface area contributed by atoms with Crippen molar-refractivity contribution in [2.24, 2.45) is 0 Å². The van der Waals surface area contributed by atoms with E-state index in [1.807, 2.05) is 25.1 Å². The average molecular weight is 520 g/mol. The van der Waals surface area contributed by atoms with Gasteiger partial charge < -0.3 is 10.0 Å². The van der Waals surface area contributed by atoms with Gasteiger partial charge in [0.2, 0.25) is 5.43 Å². The van der Waals surface area contributed by atoms with Crippen molar-refractivity contribution >= 4 is 17.7 Å². The van der Waals surface area contributed by atoms with Crippen LogP contribution in [-0.2, 0) is 5.75 Å². The van der Waals surface area contributed by atoms with Crippen molar-refractivity contribution in [2.45, 2.75) is 42.8 Å². The number of hydrogen-bond donors (Lipinski definition) is 1. The van der Waals surface area contributed by atoms with Crippen molar-refractivity contribution in [3.05, 3.63) is 92.6 Å². The van der Waals surface area contributed by atoms with Gasteiger partial charge in [-0.1, -0.05) is 30.3 Å². The molecule has 11 heteroatoms. The topological polar surface area (TPSA) is 65.8 Å². The molecular weight excluding hydrogens is 498 g/mol. The van der Waals surface area contributed by atoms with Gasteiger partial charge >= 0.3 is 6.18 Å². The lowest BCUT2D eigenvalue weighted by Gasteiger charge is -2.46. The molecule has 0 saturated heterocycles. The van der Waals surface area contributed by atoms with Crippen LogP contribution >= 0.6 is 11.8 Å². The van der Waals surface area contributed by atoms with Crippen LogP contribution in [0.4, 0.5) is 17.6 Å². The fraction of sp³-hybridized carbons (Fsp3) is 0.280. The lowest BCUT2D eigenvalue weighted by Crippen LogP contribution is -2.60. The monoisotopic (exact) mass is 519 g/mol. The highest BCUT2D eigenvalue weighted by Gasteiger charge is 2.47. The number of rotatable bonds is 2. The summed E-state index contributed by atoms with van der Waals surface area (Å²) in [6, 6.07) is 8.08. The lowest BCUT2D eigenvalue weighted by molar-refractivity contribution is -0.173. The van der Waals surface area contributed by atoms with Gasteiger partial charge in [0.1, 0.15) is 18.5 Å². The number of aryl methyl sites for hydroxylation is 1. The number of halogens is 4. The van der Waals surface area contributed by atoms with E-state index in [9.17, 15) is 27.9 Å². The SMILES string of the molecule is Cc1cccc2c1CSc1c(F)cccc1[C@@H]2N1CN([C@H](C)C(F)(F)F)C(=O)c2c(O)c(=O)ccn21. The van der Waals surface area contributed by atoms with Crippen LogP contribution in [0.3, 0.4) is 0 Å². The number of amides is 1. The minimum Gasteiger partial charge on any atom is -0.502 e. The molecule has 0 radical (unpaired) electrons. The van der Waals surface area contributed by atoms with Gasteiger partial charge in [0.25, 0.3) is 5.91 Å². The summed E-state index contributed by atoms with van der Waals surface area (Å²) >= 11 is 1.29. The zero-order valence-corrected chi connectivity index (χ0v) is 20.0. The smallest absolute Gasteiger partial charge is 0.408 e. The molecule has 0 fully saturated rings. The normalized spacial score (nSPS) is 18.3. The van der Waals surface area contributed by atoms with Crippen LogP contribution in [0.2, 0.25) is 0 Å². The second-order valence-corrected chi connectivity index (χ2v) is 9.77. The second-order valence-electron chi connectivity index (χ2n) is 8.79. The molecule has 3 aromatic rings. The third-order valence-corrected chi connectivity index (χ3v) is 7.88. The predicted molar refractivity (Wildman–Crippen MR) is 126 cm³/mol. The van der Waals surface area contributed by atoms with Crippen LogP contribution in [0, 0.1) is 12.7 Å².